The molecule has 3 N–H and O–H groups in total. The van der Waals surface area contributed by atoms with E-state index in [1.807, 2.05) is 6.07 Å². The van der Waals surface area contributed by atoms with Crippen molar-refractivity contribution in [3.63, 3.8) is 0 Å². The van der Waals surface area contributed by atoms with Crippen LogP contribution in [0.25, 0.3) is 11.0 Å². The number of ether oxygens (including phenoxy) is 2. The maximum atomic E-state index is 14.9. The van der Waals surface area contributed by atoms with E-state index in [0.717, 1.165) is 0 Å². The van der Waals surface area contributed by atoms with Crippen LogP contribution in [-0.2, 0) is 14.0 Å². The lowest BCUT2D eigenvalue weighted by molar-refractivity contribution is -0.0580. The van der Waals surface area contributed by atoms with Gasteiger partial charge in [0.15, 0.2) is 17.6 Å². The van der Waals surface area contributed by atoms with Crippen LogP contribution in [0.3, 0.4) is 0 Å². The molecule has 2 fully saturated rings. The molecule has 0 bridgehead atoms. The number of nitriles is 1. The van der Waals surface area contributed by atoms with Crippen molar-refractivity contribution < 1.29 is 42.1 Å². The van der Waals surface area contributed by atoms with Crippen LogP contribution in [-0.4, -0.2) is 74.8 Å². The van der Waals surface area contributed by atoms with Crippen molar-refractivity contribution in [1.29, 1.82) is 5.26 Å². The summed E-state index contributed by atoms with van der Waals surface area (Å²) in [6, 6.07) is 3.35. The smallest absolute Gasteiger partial charge is 0.350 e. The number of anilines is 1. The summed E-state index contributed by atoms with van der Waals surface area (Å²) in [7, 11) is -4.46. The molecule has 0 radical (unpaired) electrons. The van der Waals surface area contributed by atoms with E-state index in [-0.39, 0.29) is 34.0 Å². The molecule has 2 aliphatic rings. The van der Waals surface area contributed by atoms with Crippen LogP contribution in [0.1, 0.15) is 18.2 Å². The molecule has 2 aromatic heterocycles. The zero-order valence-corrected chi connectivity index (χ0v) is 18.5. The summed E-state index contributed by atoms with van der Waals surface area (Å²) in [4.78, 5) is 23.2. The van der Waals surface area contributed by atoms with E-state index >= 15 is 0 Å². The fourth-order valence-electron chi connectivity index (χ4n) is 4.04. The molecule has 0 unspecified atom stereocenters. The Balaban J connectivity index is 1.67. The number of fused-ring (bicyclic) bond motifs is 1. The Bertz CT molecular complexity index is 1150. The van der Waals surface area contributed by atoms with E-state index in [4.69, 9.17) is 30.9 Å². The zero-order valence-electron chi connectivity index (χ0n) is 16.8. The van der Waals surface area contributed by atoms with Crippen LogP contribution in [0.2, 0.25) is 5.15 Å². The van der Waals surface area contributed by atoms with Gasteiger partial charge in [0.05, 0.1) is 18.8 Å². The lowest BCUT2D eigenvalue weighted by atomic mass is 10.1. The van der Waals surface area contributed by atoms with Crippen LogP contribution in [0.4, 0.5) is 18.9 Å². The highest BCUT2D eigenvalue weighted by Crippen LogP contribution is 2.42. The van der Waals surface area contributed by atoms with Gasteiger partial charge in [-0.25, -0.2) is 18.2 Å². The summed E-state index contributed by atoms with van der Waals surface area (Å²) in [6.45, 7) is -1.12. The van der Waals surface area contributed by atoms with Crippen molar-refractivity contribution in [2.75, 3.05) is 30.9 Å². The number of aromatic nitrogens is 2. The number of alkyl halides is 3. The first kappa shape index (κ1) is 24.2. The summed E-state index contributed by atoms with van der Waals surface area (Å²) >= 11 is 6.16. The topological polar surface area (TPSA) is 141 Å². The molecule has 10 nitrogen and oxygen atoms in total. The Kier molecular flexibility index (Phi) is 6.39. The van der Waals surface area contributed by atoms with Gasteiger partial charge < -0.3 is 33.8 Å². The summed E-state index contributed by atoms with van der Waals surface area (Å²) in [6.07, 6.45) is -6.25. The van der Waals surface area contributed by atoms with Crippen LogP contribution in [0, 0.1) is 11.3 Å². The highest BCUT2D eigenvalue weighted by atomic mass is 35.5. The summed E-state index contributed by atoms with van der Waals surface area (Å²) in [5.74, 6) is -2.94. The van der Waals surface area contributed by atoms with Gasteiger partial charge in [-0.15, -0.1) is 0 Å². The standard InChI is InChI=1S/C18H19ClF3N4O6P/c19-15-10(5-23)13(25-4-2-18(21,22)7-25)9-1-3-26(16(9)24-15)17-12(20)14(27)11(32-17)6-31-8-33(28,29)30/h1,3,11-12,14,17,27H,2,4,6-8H2,(H2,28,29,30)/t11-,12+,14-,17-/m1/s1. The summed E-state index contributed by atoms with van der Waals surface area (Å²) < 4.78 is 65.1. The Labute approximate surface area is 190 Å². The average molecular weight is 511 g/mol. The zero-order chi connectivity index (χ0) is 24.1. The van der Waals surface area contributed by atoms with Crippen LogP contribution < -0.4 is 4.90 Å². The highest BCUT2D eigenvalue weighted by Gasteiger charge is 2.46. The molecule has 4 atom stereocenters. The minimum Gasteiger partial charge on any atom is -0.387 e. The molecule has 15 heteroatoms. The molecule has 180 valence electrons. The SMILES string of the molecule is N#Cc1c(Cl)nc2c(ccn2[C@@H]2O[C@H](COCP(=O)(O)O)[C@@H](O)[C@@H]2F)c1N1CCC(F)(F)C1. The lowest BCUT2D eigenvalue weighted by Crippen LogP contribution is -2.31. The Morgan fingerprint density at radius 3 is 2.79 bits per heavy atom. The molecule has 0 spiro atoms. The van der Waals surface area contributed by atoms with Gasteiger partial charge in [0.2, 0.25) is 0 Å². The van der Waals surface area contributed by atoms with Crippen molar-refractivity contribution >= 4 is 35.9 Å². The first-order chi connectivity index (χ1) is 15.4. The lowest BCUT2D eigenvalue weighted by Gasteiger charge is -2.22. The van der Waals surface area contributed by atoms with Crippen LogP contribution >= 0.6 is 19.2 Å². The van der Waals surface area contributed by atoms with E-state index < -0.39 is 64.0 Å². The largest absolute Gasteiger partial charge is 0.387 e. The second-order valence-electron chi connectivity index (χ2n) is 7.89. The average Bonchev–Trinajstić information content (AvgIpc) is 3.37. The molecule has 0 aromatic carbocycles. The van der Waals surface area contributed by atoms with E-state index in [2.05, 4.69) is 4.98 Å². The number of pyridine rings is 1. The van der Waals surface area contributed by atoms with Crippen molar-refractivity contribution in [3.05, 3.63) is 23.0 Å². The number of nitrogens with zero attached hydrogens (tertiary/aromatic N) is 4. The Morgan fingerprint density at radius 1 is 1.45 bits per heavy atom. The minimum absolute atomic E-state index is 0.0222. The molecular weight excluding hydrogens is 492 g/mol. The first-order valence-electron chi connectivity index (χ1n) is 9.75. The van der Waals surface area contributed by atoms with Gasteiger partial charge in [-0.3, -0.25) is 4.57 Å². The van der Waals surface area contributed by atoms with E-state index in [1.165, 1.54) is 21.7 Å². The maximum Gasteiger partial charge on any atom is 0.350 e. The van der Waals surface area contributed by atoms with Crippen molar-refractivity contribution in [2.24, 2.45) is 0 Å². The number of hydrogen-bond donors (Lipinski definition) is 3. The summed E-state index contributed by atoms with van der Waals surface area (Å²) in [5.41, 5.74) is 0.118. The van der Waals surface area contributed by atoms with E-state index in [9.17, 15) is 28.1 Å². The fraction of sp³-hybridized carbons (Fsp3) is 0.556. The van der Waals surface area contributed by atoms with Gasteiger partial charge in [0.25, 0.3) is 5.92 Å². The van der Waals surface area contributed by atoms with Gasteiger partial charge >= 0.3 is 7.60 Å². The van der Waals surface area contributed by atoms with Crippen molar-refractivity contribution in [2.45, 2.75) is 37.0 Å². The molecule has 2 aromatic rings. The van der Waals surface area contributed by atoms with Crippen LogP contribution in [0.15, 0.2) is 12.3 Å². The van der Waals surface area contributed by atoms with E-state index in [1.54, 1.807) is 0 Å². The third-order valence-corrected chi connectivity index (χ3v) is 6.29. The predicted octanol–water partition coefficient (Wildman–Crippen LogP) is 2.15. The van der Waals surface area contributed by atoms with Gasteiger partial charge in [-0.05, 0) is 6.07 Å². The number of rotatable bonds is 6. The Morgan fingerprint density at radius 2 is 2.18 bits per heavy atom. The third-order valence-electron chi connectivity index (χ3n) is 5.50. The van der Waals surface area contributed by atoms with Crippen molar-refractivity contribution in [1.82, 2.24) is 9.55 Å². The van der Waals surface area contributed by atoms with Gasteiger partial charge in [-0.1, -0.05) is 11.6 Å². The molecular formula is C18H19ClF3N4O6P. The highest BCUT2D eigenvalue weighted by molar-refractivity contribution is 7.51. The fourth-order valence-corrected chi connectivity index (χ4v) is 4.59. The molecule has 0 saturated carbocycles. The molecule has 2 saturated heterocycles. The Hall–Kier alpha value is -1.91. The van der Waals surface area contributed by atoms with Gasteiger partial charge in [0, 0.05) is 24.5 Å². The monoisotopic (exact) mass is 510 g/mol. The van der Waals surface area contributed by atoms with Crippen molar-refractivity contribution in [3.8, 4) is 6.07 Å². The second-order valence-corrected chi connectivity index (χ2v) is 9.84. The molecule has 33 heavy (non-hydrogen) atoms. The van der Waals surface area contributed by atoms with E-state index in [0.29, 0.717) is 0 Å². The molecule has 4 heterocycles. The number of hydrogen-bond acceptors (Lipinski definition) is 7. The minimum atomic E-state index is -4.46. The molecule has 2 aliphatic heterocycles. The number of aliphatic hydroxyl groups excluding tert-OH is 1. The molecule has 0 aliphatic carbocycles. The normalized spacial score (nSPS) is 27.4. The quantitative estimate of drug-likeness (QED) is 0.394. The van der Waals surface area contributed by atoms with Gasteiger partial charge in [-0.2, -0.15) is 5.26 Å². The number of halogens is 4. The summed E-state index contributed by atoms with van der Waals surface area (Å²) in [5, 5.41) is 19.7. The number of aliphatic hydroxyl groups is 1. The van der Waals surface area contributed by atoms with Crippen LogP contribution in [0.5, 0.6) is 0 Å². The third kappa shape index (κ3) is 4.70. The van der Waals surface area contributed by atoms with Gasteiger partial charge in [0.1, 0.15) is 35.8 Å². The molecule has 4 rings (SSSR count). The molecule has 0 amide bonds. The maximum absolute atomic E-state index is 14.9. The first-order valence-corrected chi connectivity index (χ1v) is 11.9. The second kappa shape index (κ2) is 8.70. The predicted molar refractivity (Wildman–Crippen MR) is 109 cm³/mol.